The Hall–Kier alpha value is -2.46. The Morgan fingerprint density at radius 1 is 1.48 bits per heavy atom. The van der Waals surface area contributed by atoms with E-state index in [2.05, 4.69) is 11.4 Å². The Morgan fingerprint density at radius 3 is 3.00 bits per heavy atom. The number of benzene rings is 1. The van der Waals surface area contributed by atoms with Gasteiger partial charge in [-0.3, -0.25) is 10.1 Å². The van der Waals surface area contributed by atoms with E-state index >= 15 is 0 Å². The Labute approximate surface area is 134 Å². The van der Waals surface area contributed by atoms with Crippen LogP contribution in [0.2, 0.25) is 0 Å². The van der Waals surface area contributed by atoms with E-state index in [4.69, 9.17) is 18.9 Å². The molecule has 1 aromatic rings. The lowest BCUT2D eigenvalue weighted by atomic mass is 9.94. The van der Waals surface area contributed by atoms with Gasteiger partial charge < -0.3 is 18.9 Å². The van der Waals surface area contributed by atoms with E-state index in [0.717, 1.165) is 5.56 Å². The maximum Gasteiger partial charge on any atom is 0.323 e. The van der Waals surface area contributed by atoms with Gasteiger partial charge in [0.25, 0.3) is 0 Å². The van der Waals surface area contributed by atoms with Crippen molar-refractivity contribution in [2.75, 3.05) is 20.5 Å². The number of rotatable bonds is 4. The lowest BCUT2D eigenvalue weighted by Crippen LogP contribution is -2.33. The summed E-state index contributed by atoms with van der Waals surface area (Å²) in [5.74, 6) is 1.02. The van der Waals surface area contributed by atoms with E-state index in [1.165, 1.54) is 0 Å². The van der Waals surface area contributed by atoms with Crippen LogP contribution in [0.25, 0.3) is 0 Å². The van der Waals surface area contributed by atoms with Gasteiger partial charge >= 0.3 is 5.97 Å². The summed E-state index contributed by atoms with van der Waals surface area (Å²) in [6, 6.07) is 5.11. The van der Waals surface area contributed by atoms with E-state index in [9.17, 15) is 10.1 Å². The SMILES string of the molecule is CCOC(=O)C1CC(C#N)C(c2cc(OC)c3c(c2)OCO3)N1. The average Bonchev–Trinajstić information content (AvgIpc) is 3.20. The number of esters is 1. The first-order valence-corrected chi connectivity index (χ1v) is 7.47. The van der Waals surface area contributed by atoms with Gasteiger partial charge in [0.1, 0.15) is 6.04 Å². The molecule has 1 saturated heterocycles. The van der Waals surface area contributed by atoms with Crippen molar-refractivity contribution < 1.29 is 23.7 Å². The number of ether oxygens (including phenoxy) is 4. The predicted molar refractivity (Wildman–Crippen MR) is 79.1 cm³/mol. The van der Waals surface area contributed by atoms with Crippen molar-refractivity contribution in [1.82, 2.24) is 5.32 Å². The molecule has 0 aromatic heterocycles. The molecule has 3 rings (SSSR count). The van der Waals surface area contributed by atoms with Crippen LogP contribution in [-0.4, -0.2) is 32.5 Å². The van der Waals surface area contributed by atoms with Gasteiger partial charge in [-0.05, 0) is 31.0 Å². The Bertz CT molecular complexity index is 655. The van der Waals surface area contributed by atoms with Gasteiger partial charge in [0, 0.05) is 6.04 Å². The molecule has 23 heavy (non-hydrogen) atoms. The second kappa shape index (κ2) is 6.34. The summed E-state index contributed by atoms with van der Waals surface area (Å²) in [6.07, 6.45) is 0.413. The van der Waals surface area contributed by atoms with Crippen molar-refractivity contribution in [2.45, 2.75) is 25.4 Å². The summed E-state index contributed by atoms with van der Waals surface area (Å²) >= 11 is 0. The van der Waals surface area contributed by atoms with Gasteiger partial charge in [-0.2, -0.15) is 5.26 Å². The third-order valence-electron chi connectivity index (χ3n) is 4.05. The maximum atomic E-state index is 11.9. The molecule has 2 aliphatic heterocycles. The average molecular weight is 318 g/mol. The van der Waals surface area contributed by atoms with Crippen LogP contribution in [0, 0.1) is 17.2 Å². The normalized spacial score (nSPS) is 25.0. The van der Waals surface area contributed by atoms with Crippen LogP contribution in [0.1, 0.15) is 24.9 Å². The molecule has 1 fully saturated rings. The second-order valence-corrected chi connectivity index (χ2v) is 5.38. The lowest BCUT2D eigenvalue weighted by molar-refractivity contribution is -0.145. The monoisotopic (exact) mass is 318 g/mol. The van der Waals surface area contributed by atoms with Crippen molar-refractivity contribution >= 4 is 5.97 Å². The third kappa shape index (κ3) is 2.78. The molecule has 0 spiro atoms. The van der Waals surface area contributed by atoms with E-state index < -0.39 is 6.04 Å². The molecule has 0 saturated carbocycles. The molecule has 0 bridgehead atoms. The molecule has 2 heterocycles. The number of fused-ring (bicyclic) bond motifs is 1. The van der Waals surface area contributed by atoms with Gasteiger partial charge in [0.2, 0.25) is 12.5 Å². The molecule has 0 radical (unpaired) electrons. The molecular weight excluding hydrogens is 300 g/mol. The summed E-state index contributed by atoms with van der Waals surface area (Å²) in [4.78, 5) is 11.9. The Balaban J connectivity index is 1.89. The van der Waals surface area contributed by atoms with Gasteiger partial charge in [-0.25, -0.2) is 0 Å². The highest BCUT2D eigenvalue weighted by Gasteiger charge is 2.40. The number of hydrogen-bond donors (Lipinski definition) is 1. The minimum Gasteiger partial charge on any atom is -0.493 e. The first-order chi connectivity index (χ1) is 11.2. The van der Waals surface area contributed by atoms with Crippen LogP contribution in [0.15, 0.2) is 12.1 Å². The second-order valence-electron chi connectivity index (χ2n) is 5.38. The van der Waals surface area contributed by atoms with Crippen LogP contribution < -0.4 is 19.5 Å². The molecule has 7 nitrogen and oxygen atoms in total. The molecule has 1 aromatic carbocycles. The van der Waals surface area contributed by atoms with Gasteiger partial charge in [-0.1, -0.05) is 0 Å². The molecule has 3 atom stereocenters. The van der Waals surface area contributed by atoms with E-state index in [1.807, 2.05) is 12.1 Å². The molecule has 7 heteroatoms. The zero-order chi connectivity index (χ0) is 16.4. The van der Waals surface area contributed by atoms with Gasteiger partial charge in [-0.15, -0.1) is 0 Å². The first-order valence-electron chi connectivity index (χ1n) is 7.47. The van der Waals surface area contributed by atoms with Crippen LogP contribution >= 0.6 is 0 Å². The molecule has 122 valence electrons. The third-order valence-corrected chi connectivity index (χ3v) is 4.05. The van der Waals surface area contributed by atoms with Crippen molar-refractivity contribution in [3.8, 4) is 23.3 Å². The predicted octanol–water partition coefficient (Wildman–Crippen LogP) is 1.53. The maximum absolute atomic E-state index is 11.9. The minimum atomic E-state index is -0.485. The summed E-state index contributed by atoms with van der Waals surface area (Å²) in [5, 5.41) is 12.6. The van der Waals surface area contributed by atoms with Crippen molar-refractivity contribution in [2.24, 2.45) is 5.92 Å². The smallest absolute Gasteiger partial charge is 0.323 e. The zero-order valence-corrected chi connectivity index (χ0v) is 13.0. The van der Waals surface area contributed by atoms with Crippen LogP contribution in [0.5, 0.6) is 17.2 Å². The number of nitrogens with one attached hydrogen (secondary N) is 1. The number of nitrogens with zero attached hydrogens (tertiary/aromatic N) is 1. The fourth-order valence-electron chi connectivity index (χ4n) is 2.98. The van der Waals surface area contributed by atoms with Crippen LogP contribution in [0.3, 0.4) is 0 Å². The number of carbonyl (C=O) groups excluding carboxylic acids is 1. The number of nitriles is 1. The molecule has 1 N–H and O–H groups in total. The fraction of sp³-hybridized carbons (Fsp3) is 0.500. The van der Waals surface area contributed by atoms with Gasteiger partial charge in [0.15, 0.2) is 11.5 Å². The summed E-state index contributed by atoms with van der Waals surface area (Å²) in [6.45, 7) is 2.21. The number of methoxy groups -OCH3 is 1. The van der Waals surface area contributed by atoms with E-state index in [-0.39, 0.29) is 24.7 Å². The molecule has 2 aliphatic rings. The summed E-state index contributed by atoms with van der Waals surface area (Å²) in [5.41, 5.74) is 0.824. The Morgan fingerprint density at radius 2 is 2.30 bits per heavy atom. The molecule has 0 aliphatic carbocycles. The zero-order valence-electron chi connectivity index (χ0n) is 13.0. The topological polar surface area (TPSA) is 89.8 Å². The van der Waals surface area contributed by atoms with Crippen molar-refractivity contribution in [3.05, 3.63) is 17.7 Å². The summed E-state index contributed by atoms with van der Waals surface area (Å²) in [7, 11) is 1.55. The van der Waals surface area contributed by atoms with Crippen molar-refractivity contribution in [1.29, 1.82) is 5.26 Å². The van der Waals surface area contributed by atoms with Crippen LogP contribution in [0.4, 0.5) is 0 Å². The molecular formula is C16H18N2O5. The highest BCUT2D eigenvalue weighted by atomic mass is 16.7. The quantitative estimate of drug-likeness (QED) is 0.842. The largest absolute Gasteiger partial charge is 0.493 e. The van der Waals surface area contributed by atoms with E-state index in [0.29, 0.717) is 30.3 Å². The highest BCUT2D eigenvalue weighted by molar-refractivity contribution is 5.76. The summed E-state index contributed by atoms with van der Waals surface area (Å²) < 4.78 is 21.2. The standard InChI is InChI=1S/C16H18N2O5/c1-3-21-16(19)11-4-10(7-17)14(18-11)9-5-12(20-2)15-13(6-9)22-8-23-15/h5-6,10-11,14,18H,3-4,8H2,1-2H3. The minimum absolute atomic E-state index is 0.139. The van der Waals surface area contributed by atoms with Crippen molar-refractivity contribution in [3.63, 3.8) is 0 Å². The first kappa shape index (κ1) is 15.4. The van der Waals surface area contributed by atoms with Gasteiger partial charge in [0.05, 0.1) is 25.7 Å². The Kier molecular flexibility index (Phi) is 4.26. The number of hydrogen-bond acceptors (Lipinski definition) is 7. The highest BCUT2D eigenvalue weighted by Crippen LogP contribution is 2.45. The fourth-order valence-corrected chi connectivity index (χ4v) is 2.98. The lowest BCUT2D eigenvalue weighted by Gasteiger charge is -2.17. The molecule has 0 amide bonds. The number of carbonyl (C=O) groups is 1. The van der Waals surface area contributed by atoms with E-state index in [1.54, 1.807) is 14.0 Å². The van der Waals surface area contributed by atoms with Crippen LogP contribution in [-0.2, 0) is 9.53 Å². The molecule has 3 unspecified atom stereocenters.